The van der Waals surface area contributed by atoms with Crippen molar-refractivity contribution >= 4 is 21.9 Å². The standard InChI is InChI=1S/C16H22F3N3O4S/c1-12-5-7-20-13(11-12)22(14(23)26-15(2,3)4)9-8-21-27(24,25)10-6-16(17,18)19/h5-7,10-11,21H,8-9H2,1-4H3/b10-6+. The van der Waals surface area contributed by atoms with E-state index in [1.807, 2.05) is 4.72 Å². The predicted octanol–water partition coefficient (Wildman–Crippen LogP) is 3.13. The lowest BCUT2D eigenvalue weighted by atomic mass is 10.2. The number of nitrogens with zero attached hydrogens (tertiary/aromatic N) is 2. The van der Waals surface area contributed by atoms with Crippen LogP contribution in [0.1, 0.15) is 26.3 Å². The summed E-state index contributed by atoms with van der Waals surface area (Å²) in [6, 6.07) is 3.31. The maximum Gasteiger partial charge on any atom is 0.416 e. The van der Waals surface area contributed by atoms with Gasteiger partial charge in [-0.25, -0.2) is 22.9 Å². The van der Waals surface area contributed by atoms with Crippen LogP contribution in [-0.4, -0.2) is 44.4 Å². The van der Waals surface area contributed by atoms with E-state index in [1.165, 1.54) is 6.20 Å². The van der Waals surface area contributed by atoms with Crippen molar-refractivity contribution in [3.05, 3.63) is 35.4 Å². The monoisotopic (exact) mass is 409 g/mol. The van der Waals surface area contributed by atoms with Gasteiger partial charge >= 0.3 is 12.3 Å². The molecule has 1 aromatic heterocycles. The zero-order valence-electron chi connectivity index (χ0n) is 15.4. The van der Waals surface area contributed by atoms with Crippen LogP contribution in [0.25, 0.3) is 0 Å². The van der Waals surface area contributed by atoms with Crippen molar-refractivity contribution in [2.45, 2.75) is 39.5 Å². The summed E-state index contributed by atoms with van der Waals surface area (Å²) in [5.41, 5.74) is 0.0101. The number of hydrogen-bond acceptors (Lipinski definition) is 5. The number of aryl methyl sites for hydroxylation is 1. The Morgan fingerprint density at radius 3 is 2.48 bits per heavy atom. The van der Waals surface area contributed by atoms with Gasteiger partial charge in [0, 0.05) is 25.4 Å². The van der Waals surface area contributed by atoms with E-state index in [2.05, 4.69) is 4.98 Å². The Morgan fingerprint density at radius 2 is 1.96 bits per heavy atom. The first kappa shape index (κ1) is 22.9. The van der Waals surface area contributed by atoms with Gasteiger partial charge in [0.05, 0.1) is 5.41 Å². The van der Waals surface area contributed by atoms with Gasteiger partial charge in [0.15, 0.2) is 0 Å². The van der Waals surface area contributed by atoms with Crippen molar-refractivity contribution in [3.63, 3.8) is 0 Å². The SMILES string of the molecule is Cc1ccnc(N(CCNS(=O)(=O)/C=C/C(F)(F)F)C(=O)OC(C)(C)C)c1. The fourth-order valence-corrected chi connectivity index (χ4v) is 2.60. The van der Waals surface area contributed by atoms with Gasteiger partial charge in [-0.1, -0.05) is 0 Å². The van der Waals surface area contributed by atoms with Gasteiger partial charge in [0.25, 0.3) is 0 Å². The average Bonchev–Trinajstić information content (AvgIpc) is 2.47. The van der Waals surface area contributed by atoms with Crippen molar-refractivity contribution < 1.29 is 31.1 Å². The van der Waals surface area contributed by atoms with Gasteiger partial charge in [-0.15, -0.1) is 0 Å². The first-order valence-electron chi connectivity index (χ1n) is 7.87. The maximum atomic E-state index is 12.4. The summed E-state index contributed by atoms with van der Waals surface area (Å²) in [6.07, 6.45) is -4.42. The predicted molar refractivity (Wildman–Crippen MR) is 94.7 cm³/mol. The van der Waals surface area contributed by atoms with Gasteiger partial charge in [-0.2, -0.15) is 13.2 Å². The molecule has 0 saturated heterocycles. The van der Waals surface area contributed by atoms with Crippen LogP contribution >= 0.6 is 0 Å². The van der Waals surface area contributed by atoms with E-state index in [-0.39, 0.29) is 30.4 Å². The number of ether oxygens (including phenoxy) is 1. The number of alkyl halides is 3. The second-order valence-electron chi connectivity index (χ2n) is 6.61. The third kappa shape index (κ3) is 9.38. The number of hydrogen-bond donors (Lipinski definition) is 1. The summed E-state index contributed by atoms with van der Waals surface area (Å²) in [6.45, 7) is 6.25. The van der Waals surface area contributed by atoms with Crippen molar-refractivity contribution in [2.24, 2.45) is 0 Å². The normalized spacial score (nSPS) is 13.0. The third-order valence-corrected chi connectivity index (χ3v) is 3.97. The fourth-order valence-electron chi connectivity index (χ4n) is 1.80. The minimum atomic E-state index is -4.75. The van der Waals surface area contributed by atoms with Crippen LogP contribution in [0.5, 0.6) is 0 Å². The molecule has 0 fully saturated rings. The van der Waals surface area contributed by atoms with Gasteiger partial charge in [0.2, 0.25) is 10.0 Å². The highest BCUT2D eigenvalue weighted by atomic mass is 32.2. The van der Waals surface area contributed by atoms with Crippen LogP contribution in [0, 0.1) is 6.92 Å². The molecule has 27 heavy (non-hydrogen) atoms. The molecule has 0 aromatic carbocycles. The molecule has 1 amide bonds. The third-order valence-electron chi connectivity index (χ3n) is 2.87. The number of halogens is 3. The Balaban J connectivity index is 2.89. The Bertz CT molecular complexity index is 787. The fraction of sp³-hybridized carbons (Fsp3) is 0.500. The highest BCUT2D eigenvalue weighted by Gasteiger charge is 2.26. The summed E-state index contributed by atoms with van der Waals surface area (Å²) in [7, 11) is -4.31. The van der Waals surface area contributed by atoms with Crippen molar-refractivity contribution in [3.8, 4) is 0 Å². The lowest BCUT2D eigenvalue weighted by molar-refractivity contribution is -0.0797. The first-order valence-corrected chi connectivity index (χ1v) is 9.42. The van der Waals surface area contributed by atoms with Crippen LogP contribution in [0.2, 0.25) is 0 Å². The molecule has 7 nitrogen and oxygen atoms in total. The number of carbonyl (C=O) groups is 1. The van der Waals surface area contributed by atoms with Crippen LogP contribution in [0.15, 0.2) is 29.8 Å². The molecular weight excluding hydrogens is 387 g/mol. The van der Waals surface area contributed by atoms with E-state index < -0.39 is 27.9 Å². The van der Waals surface area contributed by atoms with Crippen molar-refractivity contribution in [1.82, 2.24) is 9.71 Å². The number of aromatic nitrogens is 1. The summed E-state index contributed by atoms with van der Waals surface area (Å²) in [5.74, 6) is 0.231. The number of nitrogens with one attached hydrogen (secondary N) is 1. The Labute approximate surface area is 156 Å². The highest BCUT2D eigenvalue weighted by Crippen LogP contribution is 2.18. The Kier molecular flexibility index (Phi) is 7.38. The van der Waals surface area contributed by atoms with Crippen LogP contribution < -0.4 is 9.62 Å². The molecule has 11 heteroatoms. The zero-order valence-corrected chi connectivity index (χ0v) is 16.2. The van der Waals surface area contributed by atoms with Gasteiger partial charge in [-0.05, 0) is 45.4 Å². The van der Waals surface area contributed by atoms with E-state index in [0.29, 0.717) is 0 Å². The Morgan fingerprint density at radius 1 is 1.33 bits per heavy atom. The minimum Gasteiger partial charge on any atom is -0.443 e. The molecule has 1 heterocycles. The largest absolute Gasteiger partial charge is 0.443 e. The molecule has 0 bridgehead atoms. The summed E-state index contributed by atoms with van der Waals surface area (Å²) in [5, 5.41) is 0.0235. The smallest absolute Gasteiger partial charge is 0.416 e. The lowest BCUT2D eigenvalue weighted by Crippen LogP contribution is -2.41. The van der Waals surface area contributed by atoms with E-state index >= 15 is 0 Å². The molecule has 0 unspecified atom stereocenters. The molecule has 0 aliphatic heterocycles. The summed E-state index contributed by atoms with van der Waals surface area (Å²) < 4.78 is 66.8. The number of pyridine rings is 1. The molecule has 152 valence electrons. The molecule has 0 atom stereocenters. The second kappa shape index (κ2) is 8.70. The molecule has 0 radical (unpaired) electrons. The second-order valence-corrected chi connectivity index (χ2v) is 8.26. The molecule has 0 saturated carbocycles. The maximum absolute atomic E-state index is 12.4. The van der Waals surface area contributed by atoms with E-state index in [4.69, 9.17) is 4.74 Å². The van der Waals surface area contributed by atoms with Crippen molar-refractivity contribution in [2.75, 3.05) is 18.0 Å². The molecule has 1 N–H and O–H groups in total. The number of rotatable bonds is 6. The minimum absolute atomic E-state index is 0.0235. The van der Waals surface area contributed by atoms with E-state index in [0.717, 1.165) is 10.5 Å². The molecule has 0 spiro atoms. The first-order chi connectivity index (χ1) is 12.2. The van der Waals surface area contributed by atoms with Gasteiger partial charge in [0.1, 0.15) is 11.4 Å². The topological polar surface area (TPSA) is 88.6 Å². The van der Waals surface area contributed by atoms with Gasteiger partial charge in [-0.3, -0.25) is 4.90 Å². The van der Waals surface area contributed by atoms with Crippen LogP contribution in [0.4, 0.5) is 23.8 Å². The molecule has 1 aromatic rings. The summed E-state index contributed by atoms with van der Waals surface area (Å²) in [4.78, 5) is 17.6. The number of allylic oxidation sites excluding steroid dienone is 1. The Hall–Kier alpha value is -2.14. The van der Waals surface area contributed by atoms with Crippen molar-refractivity contribution in [1.29, 1.82) is 0 Å². The average molecular weight is 409 g/mol. The number of amides is 1. The quantitative estimate of drug-likeness (QED) is 0.780. The van der Waals surface area contributed by atoms with E-state index in [1.54, 1.807) is 39.8 Å². The van der Waals surface area contributed by atoms with Crippen LogP contribution in [0.3, 0.4) is 0 Å². The van der Waals surface area contributed by atoms with Crippen LogP contribution in [-0.2, 0) is 14.8 Å². The molecule has 0 aliphatic carbocycles. The molecular formula is C16H22F3N3O4S. The highest BCUT2D eigenvalue weighted by molar-refractivity contribution is 7.92. The number of anilines is 1. The zero-order chi connectivity index (χ0) is 20.9. The number of sulfonamides is 1. The lowest BCUT2D eigenvalue weighted by Gasteiger charge is -2.27. The molecule has 0 aliphatic rings. The van der Waals surface area contributed by atoms with E-state index in [9.17, 15) is 26.4 Å². The summed E-state index contributed by atoms with van der Waals surface area (Å²) >= 11 is 0. The molecule has 1 rings (SSSR count). The van der Waals surface area contributed by atoms with Gasteiger partial charge < -0.3 is 4.74 Å². The number of carbonyl (C=O) groups excluding carboxylic acids is 1.